The third kappa shape index (κ3) is 3.71. The highest BCUT2D eigenvalue weighted by molar-refractivity contribution is 5.94. The number of nitrogens with two attached hydrogens (primary N) is 1. The molecule has 0 aromatic heterocycles. The van der Waals surface area contributed by atoms with Crippen LogP contribution in [0.2, 0.25) is 0 Å². The minimum atomic E-state index is -0.928. The van der Waals surface area contributed by atoms with Crippen LogP contribution in [0.1, 0.15) is 50.4 Å². The van der Waals surface area contributed by atoms with E-state index >= 15 is 0 Å². The fourth-order valence-electron chi connectivity index (χ4n) is 3.52. The molecule has 0 heterocycles. The van der Waals surface area contributed by atoms with Gasteiger partial charge in [0.1, 0.15) is 11.6 Å². The number of benzene rings is 1. The largest absolute Gasteiger partial charge is 0.380 e. The second-order valence-electron chi connectivity index (χ2n) is 6.93. The Balaban J connectivity index is 2.23. The van der Waals surface area contributed by atoms with E-state index in [1.165, 1.54) is 6.07 Å². The zero-order valence-electron chi connectivity index (χ0n) is 12.7. The van der Waals surface area contributed by atoms with Crippen molar-refractivity contribution >= 4 is 11.6 Å². The van der Waals surface area contributed by atoms with Gasteiger partial charge in [-0.1, -0.05) is 20.8 Å². The number of hydrogen-bond acceptors (Lipinski definition) is 2. The Bertz CT molecular complexity index is 557. The highest BCUT2D eigenvalue weighted by Gasteiger charge is 2.32. The van der Waals surface area contributed by atoms with Crippen LogP contribution in [0.15, 0.2) is 12.1 Å². The van der Waals surface area contributed by atoms with Crippen molar-refractivity contribution in [2.75, 3.05) is 5.32 Å². The second-order valence-corrected chi connectivity index (χ2v) is 6.93. The molecule has 0 spiro atoms. The van der Waals surface area contributed by atoms with E-state index in [2.05, 4.69) is 26.1 Å². The Morgan fingerprint density at radius 1 is 1.29 bits per heavy atom. The Labute approximate surface area is 123 Å². The van der Waals surface area contributed by atoms with Crippen LogP contribution in [0.4, 0.5) is 14.5 Å². The lowest BCUT2D eigenvalue weighted by Gasteiger charge is -2.39. The monoisotopic (exact) mass is 296 g/mol. The molecule has 1 fully saturated rings. The lowest BCUT2D eigenvalue weighted by atomic mass is 9.70. The number of rotatable bonds is 3. The average molecular weight is 296 g/mol. The smallest absolute Gasteiger partial charge is 0.251 e. The molecule has 0 aliphatic heterocycles. The molecule has 3 N–H and O–H groups in total. The summed E-state index contributed by atoms with van der Waals surface area (Å²) in [6, 6.07) is 1.98. The molecule has 3 nitrogen and oxygen atoms in total. The molecule has 116 valence electrons. The van der Waals surface area contributed by atoms with Gasteiger partial charge in [-0.3, -0.25) is 4.79 Å². The Kier molecular flexibility index (Phi) is 4.21. The molecule has 0 bridgehead atoms. The van der Waals surface area contributed by atoms with Crippen molar-refractivity contribution in [1.29, 1.82) is 0 Å². The Morgan fingerprint density at radius 3 is 2.52 bits per heavy atom. The summed E-state index contributed by atoms with van der Waals surface area (Å²) in [5.74, 6) is -1.99. The third-order valence-electron chi connectivity index (χ3n) is 4.07. The summed E-state index contributed by atoms with van der Waals surface area (Å²) in [7, 11) is 0. The predicted octanol–water partition coefficient (Wildman–Crippen LogP) is 3.69. The van der Waals surface area contributed by atoms with Crippen LogP contribution in [0.3, 0.4) is 0 Å². The molecule has 2 unspecified atom stereocenters. The van der Waals surface area contributed by atoms with Crippen LogP contribution in [0, 0.1) is 23.0 Å². The zero-order valence-corrected chi connectivity index (χ0v) is 12.7. The number of hydrogen-bond donors (Lipinski definition) is 2. The van der Waals surface area contributed by atoms with Crippen molar-refractivity contribution in [3.05, 3.63) is 29.3 Å². The maximum atomic E-state index is 13.9. The molecule has 2 atom stereocenters. The van der Waals surface area contributed by atoms with Gasteiger partial charge in [0, 0.05) is 12.1 Å². The van der Waals surface area contributed by atoms with E-state index in [1.807, 2.05) is 0 Å². The zero-order chi connectivity index (χ0) is 15.8. The second kappa shape index (κ2) is 5.62. The Morgan fingerprint density at radius 2 is 1.95 bits per heavy atom. The van der Waals surface area contributed by atoms with Crippen LogP contribution in [0.25, 0.3) is 0 Å². The van der Waals surface area contributed by atoms with Crippen LogP contribution in [-0.4, -0.2) is 11.9 Å². The first kappa shape index (κ1) is 15.7. The highest BCUT2D eigenvalue weighted by Crippen LogP contribution is 2.39. The standard InChI is InChI=1S/C16H22F2N2O/c1-9-4-10(8-16(2,3)7-9)20-14-5-11(15(19)21)12(17)6-13(14)18/h5-6,9-10,20H,4,7-8H2,1-3H3,(H2,19,21). The molecule has 1 aromatic rings. The summed E-state index contributed by atoms with van der Waals surface area (Å²) in [6.07, 6.45) is 2.95. The fraction of sp³-hybridized carbons (Fsp3) is 0.562. The van der Waals surface area contributed by atoms with Gasteiger partial charge in [-0.2, -0.15) is 0 Å². The number of anilines is 1. The van der Waals surface area contributed by atoms with Crippen LogP contribution in [0.5, 0.6) is 0 Å². The number of primary amides is 1. The first-order valence-electron chi connectivity index (χ1n) is 7.23. The van der Waals surface area contributed by atoms with Gasteiger partial charge in [-0.15, -0.1) is 0 Å². The van der Waals surface area contributed by atoms with Gasteiger partial charge in [0.15, 0.2) is 0 Å². The molecule has 2 rings (SSSR count). The van der Waals surface area contributed by atoms with E-state index in [0.717, 1.165) is 19.3 Å². The number of amides is 1. The van der Waals surface area contributed by atoms with E-state index in [1.54, 1.807) is 0 Å². The fourth-order valence-corrected chi connectivity index (χ4v) is 3.52. The van der Waals surface area contributed by atoms with Crippen molar-refractivity contribution in [3.63, 3.8) is 0 Å². The average Bonchev–Trinajstić information content (AvgIpc) is 2.29. The number of nitrogens with one attached hydrogen (secondary N) is 1. The van der Waals surface area contributed by atoms with Crippen LogP contribution in [-0.2, 0) is 0 Å². The highest BCUT2D eigenvalue weighted by atomic mass is 19.1. The number of carbonyl (C=O) groups excluding carboxylic acids is 1. The van der Waals surface area contributed by atoms with E-state index < -0.39 is 17.5 Å². The lowest BCUT2D eigenvalue weighted by molar-refractivity contribution is 0.0996. The van der Waals surface area contributed by atoms with Crippen molar-refractivity contribution in [2.45, 2.75) is 46.1 Å². The molecule has 1 aliphatic carbocycles. The molecule has 0 radical (unpaired) electrons. The first-order valence-corrected chi connectivity index (χ1v) is 7.23. The topological polar surface area (TPSA) is 55.1 Å². The van der Waals surface area contributed by atoms with E-state index in [-0.39, 0.29) is 22.7 Å². The summed E-state index contributed by atoms with van der Waals surface area (Å²) < 4.78 is 27.4. The molecule has 5 heteroatoms. The third-order valence-corrected chi connectivity index (χ3v) is 4.07. The quantitative estimate of drug-likeness (QED) is 0.893. The van der Waals surface area contributed by atoms with E-state index in [4.69, 9.17) is 5.73 Å². The number of carbonyl (C=O) groups is 1. The van der Waals surface area contributed by atoms with Crippen molar-refractivity contribution in [1.82, 2.24) is 0 Å². The summed E-state index contributed by atoms with van der Waals surface area (Å²) in [5, 5.41) is 3.11. The van der Waals surface area contributed by atoms with Gasteiger partial charge in [-0.25, -0.2) is 8.78 Å². The van der Waals surface area contributed by atoms with E-state index in [9.17, 15) is 13.6 Å². The van der Waals surface area contributed by atoms with Gasteiger partial charge in [0.05, 0.1) is 11.3 Å². The van der Waals surface area contributed by atoms with E-state index in [0.29, 0.717) is 12.0 Å². The molecular weight excluding hydrogens is 274 g/mol. The maximum Gasteiger partial charge on any atom is 0.251 e. The summed E-state index contributed by atoms with van der Waals surface area (Å²) >= 11 is 0. The molecule has 1 aromatic carbocycles. The Hall–Kier alpha value is -1.65. The molecule has 0 saturated heterocycles. The first-order chi connectivity index (χ1) is 9.68. The molecule has 21 heavy (non-hydrogen) atoms. The van der Waals surface area contributed by atoms with Gasteiger partial charge >= 0.3 is 0 Å². The maximum absolute atomic E-state index is 13.9. The van der Waals surface area contributed by atoms with Crippen molar-refractivity contribution < 1.29 is 13.6 Å². The van der Waals surface area contributed by atoms with Gasteiger partial charge < -0.3 is 11.1 Å². The summed E-state index contributed by atoms with van der Waals surface area (Å²) in [6.45, 7) is 6.55. The summed E-state index contributed by atoms with van der Waals surface area (Å²) in [5.41, 5.74) is 5.13. The number of halogens is 2. The van der Waals surface area contributed by atoms with Crippen molar-refractivity contribution in [3.8, 4) is 0 Å². The summed E-state index contributed by atoms with van der Waals surface area (Å²) in [4.78, 5) is 11.2. The predicted molar refractivity (Wildman–Crippen MR) is 79.1 cm³/mol. The molecular formula is C16H22F2N2O. The molecule has 1 aliphatic rings. The van der Waals surface area contributed by atoms with Crippen LogP contribution < -0.4 is 11.1 Å². The minimum Gasteiger partial charge on any atom is -0.380 e. The molecule has 1 saturated carbocycles. The van der Waals surface area contributed by atoms with Gasteiger partial charge in [0.2, 0.25) is 0 Å². The van der Waals surface area contributed by atoms with Crippen LogP contribution >= 0.6 is 0 Å². The SMILES string of the molecule is CC1CC(Nc2cc(C(N)=O)c(F)cc2F)CC(C)(C)C1. The molecule has 1 amide bonds. The van der Waals surface area contributed by atoms with Gasteiger partial charge in [-0.05, 0) is 36.7 Å². The van der Waals surface area contributed by atoms with Crippen molar-refractivity contribution in [2.24, 2.45) is 17.1 Å². The van der Waals surface area contributed by atoms with Gasteiger partial charge in [0.25, 0.3) is 5.91 Å². The minimum absolute atomic E-state index is 0.101. The lowest BCUT2D eigenvalue weighted by Crippen LogP contribution is -2.35. The normalized spacial score (nSPS) is 24.6.